The van der Waals surface area contributed by atoms with Crippen LogP contribution in [0.25, 0.3) is 0 Å². The molecule has 1 heterocycles. The van der Waals surface area contributed by atoms with E-state index in [2.05, 4.69) is 12.2 Å². The third-order valence-corrected chi connectivity index (χ3v) is 3.20. The molecule has 0 aromatic heterocycles. The third-order valence-electron chi connectivity index (χ3n) is 3.20. The van der Waals surface area contributed by atoms with Crippen LogP contribution in [0.4, 0.5) is 0 Å². The van der Waals surface area contributed by atoms with Gasteiger partial charge in [0.2, 0.25) is 0 Å². The second-order valence-corrected chi connectivity index (χ2v) is 5.08. The molecule has 1 aliphatic rings. The molecular formula is C15H31NO2. The molecule has 1 rings (SSSR count). The van der Waals surface area contributed by atoms with Crippen LogP contribution in [-0.2, 0) is 4.79 Å². The summed E-state index contributed by atoms with van der Waals surface area (Å²) in [5.41, 5.74) is 0. The summed E-state index contributed by atoms with van der Waals surface area (Å²) >= 11 is 0. The van der Waals surface area contributed by atoms with Crippen molar-refractivity contribution in [3.05, 3.63) is 0 Å². The van der Waals surface area contributed by atoms with Crippen LogP contribution < -0.4 is 5.32 Å². The van der Waals surface area contributed by atoms with Crippen LogP contribution in [0.1, 0.15) is 77.6 Å². The summed E-state index contributed by atoms with van der Waals surface area (Å²) in [7, 11) is 0. The van der Waals surface area contributed by atoms with Gasteiger partial charge in [0, 0.05) is 6.42 Å². The molecule has 0 spiro atoms. The summed E-state index contributed by atoms with van der Waals surface area (Å²) in [6.07, 6.45) is 12.9. The summed E-state index contributed by atoms with van der Waals surface area (Å²) in [4.78, 5) is 10.1. The summed E-state index contributed by atoms with van der Waals surface area (Å²) in [6.45, 7) is 4.70. The third kappa shape index (κ3) is 15.4. The summed E-state index contributed by atoms with van der Waals surface area (Å²) in [5, 5.41) is 11.6. The van der Waals surface area contributed by atoms with Gasteiger partial charge in [0.15, 0.2) is 0 Å². The van der Waals surface area contributed by atoms with E-state index in [-0.39, 0.29) is 0 Å². The minimum Gasteiger partial charge on any atom is -0.481 e. The van der Waals surface area contributed by atoms with E-state index < -0.39 is 5.97 Å². The van der Waals surface area contributed by atoms with Crippen molar-refractivity contribution >= 4 is 5.97 Å². The number of nitrogens with one attached hydrogen (secondary N) is 1. The van der Waals surface area contributed by atoms with Crippen molar-refractivity contribution in [1.29, 1.82) is 0 Å². The Morgan fingerprint density at radius 1 is 0.944 bits per heavy atom. The number of carboxylic acids is 1. The van der Waals surface area contributed by atoms with Gasteiger partial charge < -0.3 is 10.4 Å². The van der Waals surface area contributed by atoms with Crippen molar-refractivity contribution in [2.45, 2.75) is 77.6 Å². The fourth-order valence-electron chi connectivity index (χ4n) is 2.04. The molecule has 0 atom stereocenters. The lowest BCUT2D eigenvalue weighted by molar-refractivity contribution is -0.137. The zero-order valence-electron chi connectivity index (χ0n) is 12.0. The van der Waals surface area contributed by atoms with Gasteiger partial charge in [0.1, 0.15) is 0 Å². The van der Waals surface area contributed by atoms with E-state index in [1.807, 2.05) is 0 Å². The maximum atomic E-state index is 10.1. The van der Waals surface area contributed by atoms with Crippen molar-refractivity contribution in [2.75, 3.05) is 13.1 Å². The molecule has 0 aromatic rings. The molecule has 0 bridgehead atoms. The zero-order chi connectivity index (χ0) is 13.5. The van der Waals surface area contributed by atoms with Crippen LogP contribution in [0.2, 0.25) is 0 Å². The van der Waals surface area contributed by atoms with Crippen LogP contribution in [0.15, 0.2) is 0 Å². The van der Waals surface area contributed by atoms with E-state index >= 15 is 0 Å². The topological polar surface area (TPSA) is 49.3 Å². The Morgan fingerprint density at radius 3 is 1.89 bits per heavy atom. The molecule has 18 heavy (non-hydrogen) atoms. The van der Waals surface area contributed by atoms with E-state index in [0.717, 1.165) is 12.8 Å². The highest BCUT2D eigenvalue weighted by molar-refractivity contribution is 5.66. The number of hydrogen-bond donors (Lipinski definition) is 2. The first kappa shape index (κ1) is 17.4. The van der Waals surface area contributed by atoms with Crippen LogP contribution in [0, 0.1) is 0 Å². The van der Waals surface area contributed by atoms with Crippen molar-refractivity contribution in [3.8, 4) is 0 Å². The summed E-state index contributed by atoms with van der Waals surface area (Å²) in [6, 6.07) is 0. The lowest BCUT2D eigenvalue weighted by atomic mass is 10.1. The molecule has 1 fully saturated rings. The predicted octanol–water partition coefficient (Wildman–Crippen LogP) is 3.97. The number of rotatable bonds is 8. The molecule has 0 aliphatic carbocycles. The Labute approximate surface area is 112 Å². The van der Waals surface area contributed by atoms with Crippen LogP contribution >= 0.6 is 0 Å². The standard InChI is InChI=1S/C10H20O2.C5H11N/c1-2-3-4-5-6-7-8-9-10(11)12;1-2-4-6-5-3-1/h2-9H2,1H3,(H,11,12);6H,1-5H2. The Hall–Kier alpha value is -0.570. The largest absolute Gasteiger partial charge is 0.481 e. The van der Waals surface area contributed by atoms with Gasteiger partial charge in [-0.15, -0.1) is 0 Å². The molecule has 108 valence electrons. The first-order valence-electron chi connectivity index (χ1n) is 7.70. The molecule has 0 amide bonds. The summed E-state index contributed by atoms with van der Waals surface area (Å²) < 4.78 is 0. The monoisotopic (exact) mass is 257 g/mol. The van der Waals surface area contributed by atoms with Gasteiger partial charge in [-0.1, -0.05) is 51.9 Å². The minimum atomic E-state index is -0.663. The minimum absolute atomic E-state index is 0.341. The van der Waals surface area contributed by atoms with Gasteiger partial charge in [0.05, 0.1) is 0 Å². The molecule has 0 radical (unpaired) electrons. The predicted molar refractivity (Wildman–Crippen MR) is 77.0 cm³/mol. The molecule has 2 N–H and O–H groups in total. The van der Waals surface area contributed by atoms with Crippen molar-refractivity contribution in [1.82, 2.24) is 5.32 Å². The van der Waals surface area contributed by atoms with Gasteiger partial charge in [-0.25, -0.2) is 0 Å². The lowest BCUT2D eigenvalue weighted by Crippen LogP contribution is -2.21. The number of carbonyl (C=O) groups is 1. The van der Waals surface area contributed by atoms with E-state index in [1.165, 1.54) is 64.5 Å². The van der Waals surface area contributed by atoms with Crippen molar-refractivity contribution in [3.63, 3.8) is 0 Å². The molecule has 0 unspecified atom stereocenters. The molecule has 3 nitrogen and oxygen atoms in total. The molecule has 3 heteroatoms. The average Bonchev–Trinajstić information content (AvgIpc) is 2.40. The maximum absolute atomic E-state index is 10.1. The lowest BCUT2D eigenvalue weighted by Gasteiger charge is -2.08. The first-order valence-corrected chi connectivity index (χ1v) is 7.70. The number of carboxylic acid groups (broad SMARTS) is 1. The highest BCUT2D eigenvalue weighted by Gasteiger charge is 1.95. The summed E-state index contributed by atoms with van der Waals surface area (Å²) in [5.74, 6) is -0.663. The Kier molecular flexibility index (Phi) is 14.0. The van der Waals surface area contributed by atoms with Gasteiger partial charge in [-0.3, -0.25) is 4.79 Å². The highest BCUT2D eigenvalue weighted by Crippen LogP contribution is 2.07. The van der Waals surface area contributed by atoms with E-state index in [1.54, 1.807) is 0 Å². The van der Waals surface area contributed by atoms with Gasteiger partial charge in [-0.2, -0.15) is 0 Å². The second-order valence-electron chi connectivity index (χ2n) is 5.08. The maximum Gasteiger partial charge on any atom is 0.303 e. The molecule has 1 saturated heterocycles. The number of unbranched alkanes of at least 4 members (excludes halogenated alkanes) is 6. The fraction of sp³-hybridized carbons (Fsp3) is 0.933. The Balaban J connectivity index is 0.000000397. The van der Waals surface area contributed by atoms with Gasteiger partial charge in [0.25, 0.3) is 0 Å². The van der Waals surface area contributed by atoms with Gasteiger partial charge in [-0.05, 0) is 32.4 Å². The molecule has 1 aliphatic heterocycles. The second kappa shape index (κ2) is 14.5. The first-order chi connectivity index (χ1) is 8.77. The SMILES string of the molecule is C1CCNCC1.CCCCCCCCCC(=O)O. The number of piperidine rings is 1. The van der Waals surface area contributed by atoms with Crippen molar-refractivity contribution < 1.29 is 9.90 Å². The van der Waals surface area contributed by atoms with Crippen molar-refractivity contribution in [2.24, 2.45) is 0 Å². The van der Waals surface area contributed by atoms with E-state index in [4.69, 9.17) is 5.11 Å². The van der Waals surface area contributed by atoms with E-state index in [9.17, 15) is 4.79 Å². The molecule has 0 aromatic carbocycles. The number of hydrogen-bond acceptors (Lipinski definition) is 2. The highest BCUT2D eigenvalue weighted by atomic mass is 16.4. The average molecular weight is 257 g/mol. The Morgan fingerprint density at radius 2 is 1.50 bits per heavy atom. The number of aliphatic carboxylic acids is 1. The quantitative estimate of drug-likeness (QED) is 0.647. The fourth-order valence-corrected chi connectivity index (χ4v) is 2.04. The van der Waals surface area contributed by atoms with Crippen LogP contribution in [-0.4, -0.2) is 24.2 Å². The normalized spacial score (nSPS) is 14.7. The van der Waals surface area contributed by atoms with E-state index in [0.29, 0.717) is 6.42 Å². The van der Waals surface area contributed by atoms with Crippen LogP contribution in [0.3, 0.4) is 0 Å². The van der Waals surface area contributed by atoms with Crippen LogP contribution in [0.5, 0.6) is 0 Å². The molecular weight excluding hydrogens is 226 g/mol. The van der Waals surface area contributed by atoms with Gasteiger partial charge >= 0.3 is 5.97 Å². The smallest absolute Gasteiger partial charge is 0.303 e. The Bertz CT molecular complexity index is 168. The molecule has 0 saturated carbocycles. The zero-order valence-corrected chi connectivity index (χ0v) is 12.0.